The van der Waals surface area contributed by atoms with E-state index in [0.717, 1.165) is 32.5 Å². The Bertz CT molecular complexity index is 151. The van der Waals surface area contributed by atoms with Crippen molar-refractivity contribution >= 4 is 0 Å². The summed E-state index contributed by atoms with van der Waals surface area (Å²) in [7, 11) is 0. The molecule has 0 saturated carbocycles. The number of hydrogen-bond donors (Lipinski definition) is 2. The van der Waals surface area contributed by atoms with Gasteiger partial charge in [0.2, 0.25) is 0 Å². The van der Waals surface area contributed by atoms with E-state index in [2.05, 4.69) is 5.32 Å². The first-order valence-corrected chi connectivity index (χ1v) is 4.31. The molecule has 2 fully saturated rings. The van der Waals surface area contributed by atoms with Crippen LogP contribution in [0.25, 0.3) is 0 Å². The minimum Gasteiger partial charge on any atom is -0.396 e. The second-order valence-corrected chi connectivity index (χ2v) is 3.61. The Morgan fingerprint density at radius 3 is 3.27 bits per heavy atom. The van der Waals surface area contributed by atoms with Gasteiger partial charge in [-0.05, 0) is 12.8 Å². The van der Waals surface area contributed by atoms with Gasteiger partial charge in [-0.15, -0.1) is 0 Å². The maximum atomic E-state index is 9.23. The Balaban J connectivity index is 2.12. The van der Waals surface area contributed by atoms with E-state index in [0.29, 0.717) is 0 Å². The molecule has 0 spiro atoms. The average molecular weight is 157 g/mol. The van der Waals surface area contributed by atoms with Gasteiger partial charge in [0.1, 0.15) is 0 Å². The molecule has 0 unspecified atom stereocenters. The van der Waals surface area contributed by atoms with Crippen molar-refractivity contribution in [3.8, 4) is 0 Å². The van der Waals surface area contributed by atoms with Crippen LogP contribution in [0.2, 0.25) is 0 Å². The van der Waals surface area contributed by atoms with Crippen molar-refractivity contribution in [3.63, 3.8) is 0 Å². The standard InChI is InChI=1S/C8H15NO2/c10-6-8-2-1-3-11-7(8)4-9-5-8/h7,9-10H,1-6H2/t7-,8+/m1/s1. The van der Waals surface area contributed by atoms with Crippen LogP contribution in [0, 0.1) is 5.41 Å². The summed E-state index contributed by atoms with van der Waals surface area (Å²) in [6.45, 7) is 2.98. The predicted molar refractivity (Wildman–Crippen MR) is 41.4 cm³/mol. The number of fused-ring (bicyclic) bond motifs is 1. The lowest BCUT2D eigenvalue weighted by Crippen LogP contribution is -2.43. The Morgan fingerprint density at radius 2 is 2.55 bits per heavy atom. The molecule has 11 heavy (non-hydrogen) atoms. The van der Waals surface area contributed by atoms with Gasteiger partial charge in [0.05, 0.1) is 12.7 Å². The fraction of sp³-hybridized carbons (Fsp3) is 1.00. The zero-order chi connectivity index (χ0) is 7.73. The molecule has 2 saturated heterocycles. The first kappa shape index (κ1) is 7.53. The molecule has 3 heteroatoms. The minimum atomic E-state index is 0.0538. The van der Waals surface area contributed by atoms with Crippen molar-refractivity contribution in [2.24, 2.45) is 5.41 Å². The molecule has 2 aliphatic rings. The van der Waals surface area contributed by atoms with Gasteiger partial charge in [-0.3, -0.25) is 0 Å². The van der Waals surface area contributed by atoms with Gasteiger partial charge in [-0.1, -0.05) is 0 Å². The van der Waals surface area contributed by atoms with Crippen molar-refractivity contribution in [2.45, 2.75) is 18.9 Å². The average Bonchev–Trinajstić information content (AvgIpc) is 2.48. The molecule has 2 N–H and O–H groups in total. The summed E-state index contributed by atoms with van der Waals surface area (Å²) in [5.41, 5.74) is 0.0538. The first-order chi connectivity index (χ1) is 5.37. The molecule has 3 nitrogen and oxygen atoms in total. The summed E-state index contributed by atoms with van der Waals surface area (Å²) < 4.78 is 5.57. The fourth-order valence-corrected chi connectivity index (χ4v) is 2.15. The molecule has 0 bridgehead atoms. The third kappa shape index (κ3) is 1.08. The quantitative estimate of drug-likeness (QED) is 0.551. The largest absolute Gasteiger partial charge is 0.396 e. The van der Waals surface area contributed by atoms with E-state index >= 15 is 0 Å². The smallest absolute Gasteiger partial charge is 0.0789 e. The molecule has 0 radical (unpaired) electrons. The highest BCUT2D eigenvalue weighted by Crippen LogP contribution is 2.36. The minimum absolute atomic E-state index is 0.0538. The number of aliphatic hydroxyl groups excluding tert-OH is 1. The van der Waals surface area contributed by atoms with Crippen LogP contribution >= 0.6 is 0 Å². The number of rotatable bonds is 1. The van der Waals surface area contributed by atoms with Crippen LogP contribution in [0.4, 0.5) is 0 Å². The molecule has 2 rings (SSSR count). The van der Waals surface area contributed by atoms with Gasteiger partial charge in [-0.2, -0.15) is 0 Å². The Hall–Kier alpha value is -0.120. The van der Waals surface area contributed by atoms with Crippen LogP contribution < -0.4 is 5.32 Å². The van der Waals surface area contributed by atoms with E-state index in [1.807, 2.05) is 0 Å². The Morgan fingerprint density at radius 1 is 1.64 bits per heavy atom. The third-order valence-corrected chi connectivity index (χ3v) is 2.94. The molecule has 0 aromatic rings. The molecular weight excluding hydrogens is 142 g/mol. The van der Waals surface area contributed by atoms with Crippen molar-refractivity contribution in [1.29, 1.82) is 0 Å². The van der Waals surface area contributed by atoms with Crippen molar-refractivity contribution < 1.29 is 9.84 Å². The van der Waals surface area contributed by atoms with E-state index < -0.39 is 0 Å². The molecule has 2 aliphatic heterocycles. The van der Waals surface area contributed by atoms with Crippen LogP contribution in [0.3, 0.4) is 0 Å². The maximum absolute atomic E-state index is 9.23. The zero-order valence-corrected chi connectivity index (χ0v) is 6.68. The normalized spacial score (nSPS) is 43.9. The second-order valence-electron chi connectivity index (χ2n) is 3.61. The fourth-order valence-electron chi connectivity index (χ4n) is 2.15. The van der Waals surface area contributed by atoms with E-state index in [1.54, 1.807) is 0 Å². The summed E-state index contributed by atoms with van der Waals surface area (Å²) in [6, 6.07) is 0. The monoisotopic (exact) mass is 157 g/mol. The summed E-state index contributed by atoms with van der Waals surface area (Å²) in [5, 5.41) is 12.5. The van der Waals surface area contributed by atoms with Crippen LogP contribution in [0.1, 0.15) is 12.8 Å². The van der Waals surface area contributed by atoms with Crippen molar-refractivity contribution in [2.75, 3.05) is 26.3 Å². The SMILES string of the molecule is OC[C@@]12CCCO[C@@H]1CNC2. The lowest BCUT2D eigenvalue weighted by molar-refractivity contribution is -0.0755. The van der Waals surface area contributed by atoms with Crippen LogP contribution in [-0.4, -0.2) is 37.5 Å². The molecule has 64 valence electrons. The number of aliphatic hydroxyl groups is 1. The number of ether oxygens (including phenoxy) is 1. The zero-order valence-electron chi connectivity index (χ0n) is 6.68. The highest BCUT2D eigenvalue weighted by atomic mass is 16.5. The summed E-state index contributed by atoms with van der Waals surface area (Å²) in [4.78, 5) is 0. The molecule has 2 heterocycles. The predicted octanol–water partition coefficient (Wildman–Crippen LogP) is -0.253. The van der Waals surface area contributed by atoms with Crippen molar-refractivity contribution in [1.82, 2.24) is 5.32 Å². The van der Waals surface area contributed by atoms with E-state index in [-0.39, 0.29) is 18.1 Å². The molecule has 0 aromatic carbocycles. The molecular formula is C8H15NO2. The Kier molecular flexibility index (Phi) is 1.87. The topological polar surface area (TPSA) is 41.5 Å². The molecule has 0 aliphatic carbocycles. The number of nitrogens with one attached hydrogen (secondary N) is 1. The molecule has 0 amide bonds. The number of hydrogen-bond acceptors (Lipinski definition) is 3. The van der Waals surface area contributed by atoms with Gasteiger partial charge in [-0.25, -0.2) is 0 Å². The highest BCUT2D eigenvalue weighted by molar-refractivity contribution is 4.97. The third-order valence-electron chi connectivity index (χ3n) is 2.94. The summed E-state index contributed by atoms with van der Waals surface area (Å²) in [6.07, 6.45) is 2.47. The lowest BCUT2D eigenvalue weighted by Gasteiger charge is -2.36. The molecule has 2 atom stereocenters. The molecule has 0 aromatic heterocycles. The van der Waals surface area contributed by atoms with Gasteiger partial charge < -0.3 is 15.2 Å². The van der Waals surface area contributed by atoms with Gasteiger partial charge in [0, 0.05) is 25.1 Å². The van der Waals surface area contributed by atoms with Crippen molar-refractivity contribution in [3.05, 3.63) is 0 Å². The van der Waals surface area contributed by atoms with E-state index in [4.69, 9.17) is 4.74 Å². The Labute approximate surface area is 66.7 Å². The van der Waals surface area contributed by atoms with E-state index in [9.17, 15) is 5.11 Å². The highest BCUT2D eigenvalue weighted by Gasteiger charge is 2.44. The van der Waals surface area contributed by atoms with Crippen LogP contribution in [0.5, 0.6) is 0 Å². The summed E-state index contributed by atoms with van der Waals surface area (Å²) >= 11 is 0. The second kappa shape index (κ2) is 2.73. The van der Waals surface area contributed by atoms with Gasteiger partial charge in [0.25, 0.3) is 0 Å². The summed E-state index contributed by atoms with van der Waals surface area (Å²) in [5.74, 6) is 0. The van der Waals surface area contributed by atoms with Crippen LogP contribution in [-0.2, 0) is 4.74 Å². The van der Waals surface area contributed by atoms with Crippen LogP contribution in [0.15, 0.2) is 0 Å². The lowest BCUT2D eigenvalue weighted by atomic mass is 9.79. The maximum Gasteiger partial charge on any atom is 0.0789 e. The van der Waals surface area contributed by atoms with Gasteiger partial charge >= 0.3 is 0 Å². The first-order valence-electron chi connectivity index (χ1n) is 4.31. The van der Waals surface area contributed by atoms with E-state index in [1.165, 1.54) is 0 Å². The van der Waals surface area contributed by atoms with Gasteiger partial charge in [0.15, 0.2) is 0 Å².